The van der Waals surface area contributed by atoms with Gasteiger partial charge in [-0.05, 0) is 64.7 Å². The van der Waals surface area contributed by atoms with E-state index in [0.717, 1.165) is 4.90 Å². The molecule has 2 aromatic rings. The van der Waals surface area contributed by atoms with Gasteiger partial charge in [-0.25, -0.2) is 4.39 Å². The summed E-state index contributed by atoms with van der Waals surface area (Å²) >= 11 is 4.68. The lowest BCUT2D eigenvalue weighted by Gasteiger charge is -2.06. The first kappa shape index (κ1) is 14.1. The van der Waals surface area contributed by atoms with Gasteiger partial charge >= 0.3 is 0 Å². The van der Waals surface area contributed by atoms with Gasteiger partial charge in [-0.15, -0.1) is 11.8 Å². The zero-order valence-corrected chi connectivity index (χ0v) is 12.5. The van der Waals surface area contributed by atoms with E-state index in [0.29, 0.717) is 10.2 Å². The van der Waals surface area contributed by atoms with Crippen molar-refractivity contribution in [2.45, 2.75) is 4.90 Å². The summed E-state index contributed by atoms with van der Waals surface area (Å²) < 4.78 is 13.7. The molecule has 98 valence electrons. The summed E-state index contributed by atoms with van der Waals surface area (Å²) in [4.78, 5) is 13.1. The van der Waals surface area contributed by atoms with Crippen LogP contribution in [-0.2, 0) is 0 Å². The Labute approximate surface area is 123 Å². The fourth-order valence-corrected chi connectivity index (χ4v) is 2.17. The van der Waals surface area contributed by atoms with Gasteiger partial charge in [-0.1, -0.05) is 0 Å². The van der Waals surface area contributed by atoms with Crippen LogP contribution < -0.4 is 5.32 Å². The lowest BCUT2D eigenvalue weighted by Crippen LogP contribution is -2.12. The molecule has 0 atom stereocenters. The van der Waals surface area contributed by atoms with Crippen molar-refractivity contribution in [2.75, 3.05) is 11.6 Å². The molecule has 19 heavy (non-hydrogen) atoms. The van der Waals surface area contributed by atoms with Crippen molar-refractivity contribution in [1.82, 2.24) is 0 Å². The topological polar surface area (TPSA) is 29.1 Å². The summed E-state index contributed by atoms with van der Waals surface area (Å²) in [6.45, 7) is 0. The average molecular weight is 340 g/mol. The van der Waals surface area contributed by atoms with E-state index >= 15 is 0 Å². The van der Waals surface area contributed by atoms with E-state index in [4.69, 9.17) is 0 Å². The highest BCUT2D eigenvalue weighted by Gasteiger charge is 2.08. The van der Waals surface area contributed by atoms with Crippen LogP contribution in [0.3, 0.4) is 0 Å². The third-order valence-corrected chi connectivity index (χ3v) is 3.92. The van der Waals surface area contributed by atoms with Crippen LogP contribution in [0.4, 0.5) is 10.1 Å². The molecule has 1 N–H and O–H groups in total. The van der Waals surface area contributed by atoms with Crippen LogP contribution in [0.2, 0.25) is 0 Å². The molecule has 0 saturated carbocycles. The van der Waals surface area contributed by atoms with Crippen molar-refractivity contribution >= 4 is 39.3 Å². The highest BCUT2D eigenvalue weighted by Crippen LogP contribution is 2.19. The van der Waals surface area contributed by atoms with E-state index in [1.165, 1.54) is 12.1 Å². The summed E-state index contributed by atoms with van der Waals surface area (Å²) in [7, 11) is 0. The summed E-state index contributed by atoms with van der Waals surface area (Å²) in [6, 6.07) is 11.8. The van der Waals surface area contributed by atoms with Crippen molar-refractivity contribution in [3.8, 4) is 0 Å². The van der Waals surface area contributed by atoms with E-state index in [2.05, 4.69) is 21.2 Å². The lowest BCUT2D eigenvalue weighted by atomic mass is 10.2. The molecule has 0 saturated heterocycles. The number of amides is 1. The van der Waals surface area contributed by atoms with Crippen LogP contribution in [0.5, 0.6) is 0 Å². The number of benzene rings is 2. The van der Waals surface area contributed by atoms with Gasteiger partial charge in [0.05, 0.1) is 4.47 Å². The molecule has 0 aliphatic rings. The molecule has 0 radical (unpaired) electrons. The summed E-state index contributed by atoms with van der Waals surface area (Å²) in [5.74, 6) is -0.784. The Bertz CT molecular complexity index is 601. The van der Waals surface area contributed by atoms with Gasteiger partial charge in [-0.3, -0.25) is 4.79 Å². The SMILES string of the molecule is CSc1ccc(NC(=O)c2ccc(Br)c(F)c2)cc1. The van der Waals surface area contributed by atoms with Gasteiger partial charge in [-0.2, -0.15) is 0 Å². The van der Waals surface area contributed by atoms with Crippen LogP contribution in [0.25, 0.3) is 0 Å². The maximum atomic E-state index is 13.3. The molecule has 2 aromatic carbocycles. The van der Waals surface area contributed by atoms with Gasteiger partial charge < -0.3 is 5.32 Å². The Balaban J connectivity index is 2.13. The molecular formula is C14H11BrFNOS. The van der Waals surface area contributed by atoms with Crippen LogP contribution in [0, 0.1) is 5.82 Å². The summed E-state index contributed by atoms with van der Waals surface area (Å²) in [6.07, 6.45) is 1.98. The van der Waals surface area contributed by atoms with E-state index in [1.54, 1.807) is 17.8 Å². The first-order valence-corrected chi connectivity index (χ1v) is 7.52. The standard InChI is InChI=1S/C14H11BrFNOS/c1-19-11-5-3-10(4-6-11)17-14(18)9-2-7-12(15)13(16)8-9/h2-8H,1H3,(H,17,18). The smallest absolute Gasteiger partial charge is 0.255 e. The number of thioether (sulfide) groups is 1. The van der Waals surface area contributed by atoms with E-state index in [9.17, 15) is 9.18 Å². The molecule has 0 unspecified atom stereocenters. The van der Waals surface area contributed by atoms with Gasteiger partial charge in [0.1, 0.15) is 5.82 Å². The number of carbonyl (C=O) groups is 1. The van der Waals surface area contributed by atoms with Gasteiger partial charge in [0.15, 0.2) is 0 Å². The maximum Gasteiger partial charge on any atom is 0.255 e. The number of anilines is 1. The fourth-order valence-electron chi connectivity index (χ4n) is 1.51. The predicted octanol–water partition coefficient (Wildman–Crippen LogP) is 4.56. The number of hydrogen-bond acceptors (Lipinski definition) is 2. The first-order chi connectivity index (χ1) is 9.10. The minimum atomic E-state index is -0.453. The van der Waals surface area contributed by atoms with Gasteiger partial charge in [0.2, 0.25) is 0 Å². The highest BCUT2D eigenvalue weighted by molar-refractivity contribution is 9.10. The van der Waals surface area contributed by atoms with E-state index in [1.807, 2.05) is 30.5 Å². The van der Waals surface area contributed by atoms with Crippen molar-refractivity contribution in [3.63, 3.8) is 0 Å². The second-order valence-electron chi connectivity index (χ2n) is 3.81. The average Bonchev–Trinajstić information content (AvgIpc) is 2.42. The second-order valence-corrected chi connectivity index (χ2v) is 5.55. The number of nitrogens with one attached hydrogen (secondary N) is 1. The number of hydrogen-bond donors (Lipinski definition) is 1. The second kappa shape index (κ2) is 6.21. The Hall–Kier alpha value is -1.33. The van der Waals surface area contributed by atoms with Crippen molar-refractivity contribution in [3.05, 3.63) is 58.3 Å². The third kappa shape index (κ3) is 3.58. The van der Waals surface area contributed by atoms with Crippen LogP contribution in [-0.4, -0.2) is 12.2 Å². The van der Waals surface area contributed by atoms with E-state index in [-0.39, 0.29) is 11.5 Å². The van der Waals surface area contributed by atoms with Crippen molar-refractivity contribution in [2.24, 2.45) is 0 Å². The van der Waals surface area contributed by atoms with Gasteiger partial charge in [0.25, 0.3) is 5.91 Å². The third-order valence-electron chi connectivity index (χ3n) is 2.53. The highest BCUT2D eigenvalue weighted by atomic mass is 79.9. The van der Waals surface area contributed by atoms with Gasteiger partial charge in [0, 0.05) is 16.1 Å². The monoisotopic (exact) mass is 339 g/mol. The molecule has 2 nitrogen and oxygen atoms in total. The molecule has 1 amide bonds. The zero-order chi connectivity index (χ0) is 13.8. The Kier molecular flexibility index (Phi) is 4.61. The lowest BCUT2D eigenvalue weighted by molar-refractivity contribution is 0.102. The Morgan fingerprint density at radius 1 is 1.21 bits per heavy atom. The zero-order valence-electron chi connectivity index (χ0n) is 10.1. The maximum absolute atomic E-state index is 13.3. The quantitative estimate of drug-likeness (QED) is 0.830. The largest absolute Gasteiger partial charge is 0.322 e. The van der Waals surface area contributed by atoms with Crippen LogP contribution in [0.15, 0.2) is 51.8 Å². The molecule has 2 rings (SSSR count). The molecule has 0 bridgehead atoms. The van der Waals surface area contributed by atoms with Crippen LogP contribution >= 0.6 is 27.7 Å². The number of rotatable bonds is 3. The molecule has 0 aliphatic carbocycles. The molecule has 0 spiro atoms. The Morgan fingerprint density at radius 3 is 2.47 bits per heavy atom. The molecular weight excluding hydrogens is 329 g/mol. The molecule has 0 fully saturated rings. The number of carbonyl (C=O) groups excluding carboxylic acids is 1. The van der Waals surface area contributed by atoms with E-state index < -0.39 is 5.82 Å². The minimum Gasteiger partial charge on any atom is -0.322 e. The first-order valence-electron chi connectivity index (χ1n) is 5.50. The minimum absolute atomic E-state index is 0.287. The molecule has 0 aliphatic heterocycles. The molecule has 0 heterocycles. The predicted molar refractivity (Wildman–Crippen MR) is 80.3 cm³/mol. The van der Waals surface area contributed by atoms with Crippen LogP contribution in [0.1, 0.15) is 10.4 Å². The normalized spacial score (nSPS) is 10.3. The molecule has 0 aromatic heterocycles. The molecule has 5 heteroatoms. The number of halogens is 2. The summed E-state index contributed by atoms with van der Waals surface area (Å²) in [5, 5.41) is 2.73. The summed E-state index contributed by atoms with van der Waals surface area (Å²) in [5.41, 5.74) is 0.973. The van der Waals surface area contributed by atoms with Crippen molar-refractivity contribution < 1.29 is 9.18 Å². The van der Waals surface area contributed by atoms with Crippen molar-refractivity contribution in [1.29, 1.82) is 0 Å². The fraction of sp³-hybridized carbons (Fsp3) is 0.0714. The Morgan fingerprint density at radius 2 is 1.89 bits per heavy atom.